The second-order valence-electron chi connectivity index (χ2n) is 3.99. The molecule has 2 aromatic rings. The number of anilines is 1. The zero-order valence-corrected chi connectivity index (χ0v) is 12.5. The standard InChI is InChI=1S/C13H11BrF3N3O/c1-2-18-12-10(14)7-19-11(20-12)8-3-5-9(6-4-8)21-13(15,16)17/h3-7H,2H2,1H3,(H,18,19,20). The van der Waals surface area contributed by atoms with Crippen LogP contribution in [0.1, 0.15) is 6.92 Å². The fourth-order valence-electron chi connectivity index (χ4n) is 1.60. The van der Waals surface area contributed by atoms with Crippen molar-refractivity contribution >= 4 is 21.7 Å². The van der Waals surface area contributed by atoms with Crippen LogP contribution in [0.25, 0.3) is 11.4 Å². The van der Waals surface area contributed by atoms with E-state index in [0.717, 1.165) is 0 Å². The van der Waals surface area contributed by atoms with E-state index in [0.29, 0.717) is 28.2 Å². The minimum absolute atomic E-state index is 0.282. The predicted octanol–water partition coefficient (Wildman–Crippen LogP) is 4.24. The summed E-state index contributed by atoms with van der Waals surface area (Å²) in [5, 5.41) is 3.06. The summed E-state index contributed by atoms with van der Waals surface area (Å²) in [4.78, 5) is 8.44. The summed E-state index contributed by atoms with van der Waals surface area (Å²) in [6.07, 6.45) is -3.12. The Morgan fingerprint density at radius 1 is 1.24 bits per heavy atom. The molecular formula is C13H11BrF3N3O. The van der Waals surface area contributed by atoms with Crippen molar-refractivity contribution in [1.82, 2.24) is 9.97 Å². The topological polar surface area (TPSA) is 47.0 Å². The fourth-order valence-corrected chi connectivity index (χ4v) is 1.93. The Labute approximate surface area is 127 Å². The highest BCUT2D eigenvalue weighted by molar-refractivity contribution is 9.10. The Balaban J connectivity index is 2.24. The van der Waals surface area contributed by atoms with Crippen molar-refractivity contribution in [2.75, 3.05) is 11.9 Å². The number of halogens is 4. The number of nitrogens with zero attached hydrogens (tertiary/aromatic N) is 2. The molecule has 0 amide bonds. The molecular weight excluding hydrogens is 351 g/mol. The third-order valence-corrected chi connectivity index (χ3v) is 3.01. The van der Waals surface area contributed by atoms with E-state index < -0.39 is 6.36 Å². The summed E-state index contributed by atoms with van der Waals surface area (Å²) in [5.74, 6) is 0.751. The maximum atomic E-state index is 12.1. The quantitative estimate of drug-likeness (QED) is 0.884. The minimum Gasteiger partial charge on any atom is -0.406 e. The average Bonchev–Trinajstić information content (AvgIpc) is 2.41. The molecule has 0 unspecified atom stereocenters. The number of rotatable bonds is 4. The SMILES string of the molecule is CCNc1nc(-c2ccc(OC(F)(F)F)cc2)ncc1Br. The summed E-state index contributed by atoms with van der Waals surface area (Å²) < 4.78 is 40.8. The molecule has 2 rings (SSSR count). The molecule has 0 aliphatic carbocycles. The normalized spacial score (nSPS) is 11.3. The van der Waals surface area contributed by atoms with Crippen molar-refractivity contribution in [3.63, 3.8) is 0 Å². The van der Waals surface area contributed by atoms with E-state index in [1.165, 1.54) is 24.3 Å². The van der Waals surface area contributed by atoms with Gasteiger partial charge < -0.3 is 10.1 Å². The first kappa shape index (κ1) is 15.6. The zero-order chi connectivity index (χ0) is 15.5. The zero-order valence-electron chi connectivity index (χ0n) is 10.9. The van der Waals surface area contributed by atoms with Crippen LogP contribution in [0.4, 0.5) is 19.0 Å². The lowest BCUT2D eigenvalue weighted by Gasteiger charge is -2.10. The predicted molar refractivity (Wildman–Crippen MR) is 76.0 cm³/mol. The molecule has 4 nitrogen and oxygen atoms in total. The fraction of sp³-hybridized carbons (Fsp3) is 0.231. The van der Waals surface area contributed by atoms with Gasteiger partial charge in [-0.2, -0.15) is 0 Å². The number of benzene rings is 1. The van der Waals surface area contributed by atoms with Gasteiger partial charge in [0.1, 0.15) is 11.6 Å². The lowest BCUT2D eigenvalue weighted by molar-refractivity contribution is -0.274. The molecule has 0 aliphatic heterocycles. The van der Waals surface area contributed by atoms with Gasteiger partial charge in [0.15, 0.2) is 5.82 Å². The number of nitrogens with one attached hydrogen (secondary N) is 1. The van der Waals surface area contributed by atoms with Crippen LogP contribution in [0.3, 0.4) is 0 Å². The average molecular weight is 362 g/mol. The largest absolute Gasteiger partial charge is 0.573 e. The Bertz CT molecular complexity index is 617. The van der Waals surface area contributed by atoms with Gasteiger partial charge >= 0.3 is 6.36 Å². The first-order chi connectivity index (χ1) is 9.89. The highest BCUT2D eigenvalue weighted by Gasteiger charge is 2.30. The third-order valence-electron chi connectivity index (χ3n) is 2.43. The lowest BCUT2D eigenvalue weighted by atomic mass is 10.2. The van der Waals surface area contributed by atoms with E-state index in [9.17, 15) is 13.2 Å². The molecule has 0 aliphatic rings. The van der Waals surface area contributed by atoms with Crippen LogP contribution in [0.15, 0.2) is 34.9 Å². The van der Waals surface area contributed by atoms with Crippen molar-refractivity contribution in [3.05, 3.63) is 34.9 Å². The van der Waals surface area contributed by atoms with Crippen LogP contribution in [0.5, 0.6) is 5.75 Å². The van der Waals surface area contributed by atoms with Crippen molar-refractivity contribution in [3.8, 4) is 17.1 Å². The van der Waals surface area contributed by atoms with E-state index in [1.807, 2.05) is 6.92 Å². The second-order valence-corrected chi connectivity index (χ2v) is 4.85. The molecule has 1 aromatic carbocycles. The Morgan fingerprint density at radius 2 is 1.90 bits per heavy atom. The number of ether oxygens (including phenoxy) is 1. The number of hydrogen-bond acceptors (Lipinski definition) is 4. The van der Waals surface area contributed by atoms with Gasteiger partial charge in [0.2, 0.25) is 0 Å². The molecule has 0 fully saturated rings. The van der Waals surface area contributed by atoms with Crippen molar-refractivity contribution < 1.29 is 17.9 Å². The first-order valence-electron chi connectivity index (χ1n) is 6.01. The minimum atomic E-state index is -4.70. The summed E-state index contributed by atoms with van der Waals surface area (Å²) in [6, 6.07) is 5.39. The Kier molecular flexibility index (Phi) is 4.66. The second kappa shape index (κ2) is 6.30. The van der Waals surface area contributed by atoms with Gasteiger partial charge in [0.05, 0.1) is 4.47 Å². The van der Waals surface area contributed by atoms with Crippen LogP contribution in [-0.2, 0) is 0 Å². The monoisotopic (exact) mass is 361 g/mol. The highest BCUT2D eigenvalue weighted by Crippen LogP contribution is 2.27. The maximum absolute atomic E-state index is 12.1. The number of hydrogen-bond donors (Lipinski definition) is 1. The van der Waals surface area contributed by atoms with Gasteiger partial charge in [-0.15, -0.1) is 13.2 Å². The molecule has 0 saturated carbocycles. The molecule has 0 radical (unpaired) electrons. The van der Waals surface area contributed by atoms with Crippen molar-refractivity contribution in [2.24, 2.45) is 0 Å². The molecule has 0 spiro atoms. The van der Waals surface area contributed by atoms with E-state index in [4.69, 9.17) is 0 Å². The summed E-state index contributed by atoms with van der Waals surface area (Å²) >= 11 is 3.32. The molecule has 1 N–H and O–H groups in total. The van der Waals surface area contributed by atoms with Crippen LogP contribution >= 0.6 is 15.9 Å². The van der Waals surface area contributed by atoms with E-state index in [1.54, 1.807) is 6.20 Å². The van der Waals surface area contributed by atoms with Crippen LogP contribution < -0.4 is 10.1 Å². The number of aromatic nitrogens is 2. The van der Waals surface area contributed by atoms with Crippen LogP contribution in [0, 0.1) is 0 Å². The number of alkyl halides is 3. The van der Waals surface area contributed by atoms with Gasteiger partial charge in [-0.3, -0.25) is 0 Å². The molecule has 8 heteroatoms. The smallest absolute Gasteiger partial charge is 0.406 e. The molecule has 1 heterocycles. The molecule has 0 atom stereocenters. The lowest BCUT2D eigenvalue weighted by Crippen LogP contribution is -2.16. The van der Waals surface area contributed by atoms with Gasteiger partial charge in [-0.1, -0.05) is 0 Å². The van der Waals surface area contributed by atoms with Crippen molar-refractivity contribution in [2.45, 2.75) is 13.3 Å². The maximum Gasteiger partial charge on any atom is 0.573 e. The third kappa shape index (κ3) is 4.32. The molecule has 1 aromatic heterocycles. The summed E-state index contributed by atoms with van der Waals surface area (Å²) in [7, 11) is 0. The van der Waals surface area contributed by atoms with Crippen LogP contribution in [0.2, 0.25) is 0 Å². The van der Waals surface area contributed by atoms with Gasteiger partial charge in [-0.25, -0.2) is 9.97 Å². The van der Waals surface area contributed by atoms with Gasteiger partial charge in [0, 0.05) is 18.3 Å². The molecule has 0 saturated heterocycles. The summed E-state index contributed by atoms with van der Waals surface area (Å²) in [5.41, 5.74) is 0.594. The van der Waals surface area contributed by atoms with Gasteiger partial charge in [-0.05, 0) is 47.1 Å². The van der Waals surface area contributed by atoms with Gasteiger partial charge in [0.25, 0.3) is 0 Å². The Hall–Kier alpha value is -1.83. The summed E-state index contributed by atoms with van der Waals surface area (Å²) in [6.45, 7) is 2.62. The van der Waals surface area contributed by atoms with E-state index >= 15 is 0 Å². The molecule has 0 bridgehead atoms. The molecule has 112 valence electrons. The van der Waals surface area contributed by atoms with E-state index in [2.05, 4.69) is 36.0 Å². The Morgan fingerprint density at radius 3 is 2.48 bits per heavy atom. The van der Waals surface area contributed by atoms with Crippen molar-refractivity contribution in [1.29, 1.82) is 0 Å². The van der Waals surface area contributed by atoms with E-state index in [-0.39, 0.29) is 5.75 Å². The first-order valence-corrected chi connectivity index (χ1v) is 6.81. The van der Waals surface area contributed by atoms with Crippen LogP contribution in [-0.4, -0.2) is 22.9 Å². The molecule has 21 heavy (non-hydrogen) atoms. The highest BCUT2D eigenvalue weighted by atomic mass is 79.9.